The van der Waals surface area contributed by atoms with Gasteiger partial charge in [0.05, 0.1) is 12.3 Å². The van der Waals surface area contributed by atoms with Crippen LogP contribution < -0.4 is 10.6 Å². The quantitative estimate of drug-likeness (QED) is 0.579. The Bertz CT molecular complexity index is 1200. The number of likely N-dealkylation sites (tertiary alicyclic amines) is 2. The van der Waals surface area contributed by atoms with Crippen molar-refractivity contribution in [1.29, 1.82) is 0 Å². The molecule has 3 fully saturated rings. The minimum absolute atomic E-state index is 0.00207. The van der Waals surface area contributed by atoms with E-state index in [-0.39, 0.29) is 41.9 Å². The molecule has 0 bridgehead atoms. The van der Waals surface area contributed by atoms with Gasteiger partial charge in [-0.15, -0.1) is 0 Å². The highest BCUT2D eigenvalue weighted by Gasteiger charge is 2.36. The largest absolute Gasteiger partial charge is 0.342 e. The highest BCUT2D eigenvalue weighted by molar-refractivity contribution is 5.98. The second-order valence-electron chi connectivity index (χ2n) is 10.7. The van der Waals surface area contributed by atoms with E-state index >= 15 is 0 Å². The van der Waals surface area contributed by atoms with Gasteiger partial charge in [-0.1, -0.05) is 18.2 Å². The van der Waals surface area contributed by atoms with Crippen LogP contribution in [0.25, 0.3) is 0 Å². The number of amides is 4. The Morgan fingerprint density at radius 1 is 0.737 bits per heavy atom. The third-order valence-corrected chi connectivity index (χ3v) is 7.63. The van der Waals surface area contributed by atoms with Crippen LogP contribution in [-0.4, -0.2) is 59.6 Å². The van der Waals surface area contributed by atoms with Crippen LogP contribution in [0.1, 0.15) is 60.9 Å². The highest BCUT2D eigenvalue weighted by Crippen LogP contribution is 2.32. The number of piperidine rings is 2. The van der Waals surface area contributed by atoms with Crippen molar-refractivity contribution < 1.29 is 19.2 Å². The smallest absolute Gasteiger partial charge is 0.253 e. The summed E-state index contributed by atoms with van der Waals surface area (Å²) in [5.41, 5.74) is 2.58. The number of carbonyl (C=O) groups excluding carboxylic acids is 4. The first kappa shape index (κ1) is 25.9. The lowest BCUT2D eigenvalue weighted by molar-refractivity contribution is -0.135. The van der Waals surface area contributed by atoms with E-state index in [1.54, 1.807) is 24.3 Å². The van der Waals surface area contributed by atoms with Crippen molar-refractivity contribution in [2.45, 2.75) is 51.4 Å². The summed E-state index contributed by atoms with van der Waals surface area (Å²) in [6.07, 6.45) is 6.89. The molecule has 2 saturated heterocycles. The number of rotatable bonds is 7. The van der Waals surface area contributed by atoms with Crippen LogP contribution in [0.2, 0.25) is 0 Å². The lowest BCUT2D eigenvalue weighted by atomic mass is 9.96. The maximum absolute atomic E-state index is 12.9. The van der Waals surface area contributed by atoms with E-state index in [9.17, 15) is 19.2 Å². The summed E-state index contributed by atoms with van der Waals surface area (Å²) in [6.45, 7) is 2.77. The van der Waals surface area contributed by atoms with E-state index in [1.165, 1.54) is 0 Å². The normalized spacial score (nSPS) is 19.5. The highest BCUT2D eigenvalue weighted by atomic mass is 16.2. The Labute approximate surface area is 223 Å². The Morgan fingerprint density at radius 3 is 2.21 bits per heavy atom. The van der Waals surface area contributed by atoms with Gasteiger partial charge >= 0.3 is 0 Å². The summed E-state index contributed by atoms with van der Waals surface area (Å²) in [5.74, 6) is -0.151. The molecule has 3 aliphatic rings. The van der Waals surface area contributed by atoms with Gasteiger partial charge in [0.15, 0.2) is 0 Å². The molecule has 2 aliphatic heterocycles. The van der Waals surface area contributed by atoms with Gasteiger partial charge in [-0.05, 0) is 80.8 Å². The number of nitrogens with zero attached hydrogens (tertiary/aromatic N) is 2. The summed E-state index contributed by atoms with van der Waals surface area (Å²) in [5, 5.41) is 5.88. The van der Waals surface area contributed by atoms with Crippen molar-refractivity contribution in [3.63, 3.8) is 0 Å². The van der Waals surface area contributed by atoms with Crippen molar-refractivity contribution in [3.8, 4) is 0 Å². The first-order valence-corrected chi connectivity index (χ1v) is 13.8. The van der Waals surface area contributed by atoms with Crippen LogP contribution in [0.3, 0.4) is 0 Å². The van der Waals surface area contributed by atoms with Crippen LogP contribution in [0.15, 0.2) is 48.5 Å². The van der Waals surface area contributed by atoms with Crippen LogP contribution >= 0.6 is 0 Å². The van der Waals surface area contributed by atoms with Crippen LogP contribution in [-0.2, 0) is 20.8 Å². The molecule has 2 N–H and O–H groups in total. The molecule has 0 aromatic heterocycles. The predicted molar refractivity (Wildman–Crippen MR) is 146 cm³/mol. The number of nitrogens with one attached hydrogen (secondary N) is 2. The molecule has 8 nitrogen and oxygen atoms in total. The van der Waals surface area contributed by atoms with E-state index in [1.807, 2.05) is 34.1 Å². The van der Waals surface area contributed by atoms with Gasteiger partial charge in [0, 0.05) is 49.0 Å². The van der Waals surface area contributed by atoms with Gasteiger partial charge in [-0.3, -0.25) is 19.2 Å². The minimum atomic E-state index is -0.224. The lowest BCUT2D eigenvalue weighted by Crippen LogP contribution is -2.44. The fourth-order valence-corrected chi connectivity index (χ4v) is 5.38. The summed E-state index contributed by atoms with van der Waals surface area (Å²) in [7, 11) is 0. The van der Waals surface area contributed by atoms with Crippen molar-refractivity contribution in [3.05, 3.63) is 59.7 Å². The molecule has 38 heavy (non-hydrogen) atoms. The molecular weight excluding hydrogens is 480 g/mol. The fraction of sp³-hybridized carbons (Fsp3) is 0.467. The molecule has 0 radical (unpaired) electrons. The molecule has 4 amide bonds. The van der Waals surface area contributed by atoms with Crippen LogP contribution in [0.4, 0.5) is 11.4 Å². The third-order valence-electron chi connectivity index (χ3n) is 7.63. The molecule has 5 rings (SSSR count). The average Bonchev–Trinajstić information content (AvgIpc) is 3.79. The Morgan fingerprint density at radius 2 is 1.45 bits per heavy atom. The number of carbonyl (C=O) groups is 4. The van der Waals surface area contributed by atoms with Crippen molar-refractivity contribution >= 4 is 35.0 Å². The second-order valence-corrected chi connectivity index (χ2v) is 10.7. The van der Waals surface area contributed by atoms with Gasteiger partial charge in [0.25, 0.3) is 5.91 Å². The topological polar surface area (TPSA) is 98.8 Å². The second kappa shape index (κ2) is 11.8. The first-order chi connectivity index (χ1) is 18.5. The van der Waals surface area contributed by atoms with E-state index in [0.717, 1.165) is 70.1 Å². The van der Waals surface area contributed by atoms with E-state index < -0.39 is 0 Å². The van der Waals surface area contributed by atoms with Gasteiger partial charge in [0.2, 0.25) is 17.7 Å². The number of benzene rings is 2. The summed E-state index contributed by atoms with van der Waals surface area (Å²) in [6, 6.07) is 14.4. The van der Waals surface area contributed by atoms with Crippen LogP contribution in [0.5, 0.6) is 0 Å². The molecule has 1 atom stereocenters. The zero-order valence-corrected chi connectivity index (χ0v) is 21.8. The molecule has 1 saturated carbocycles. The molecular formula is C30H36N4O4. The number of hydrogen-bond acceptors (Lipinski definition) is 4. The molecule has 2 heterocycles. The Balaban J connectivity index is 1.15. The van der Waals surface area contributed by atoms with E-state index in [4.69, 9.17) is 0 Å². The summed E-state index contributed by atoms with van der Waals surface area (Å²) < 4.78 is 0. The third kappa shape index (κ3) is 6.60. The minimum Gasteiger partial charge on any atom is -0.342 e. The summed E-state index contributed by atoms with van der Waals surface area (Å²) >= 11 is 0. The van der Waals surface area contributed by atoms with Gasteiger partial charge in [-0.2, -0.15) is 0 Å². The van der Waals surface area contributed by atoms with Crippen LogP contribution in [0, 0.1) is 11.8 Å². The standard InChI is InChI=1S/C30H36N4O4/c35-27(31-26-11-5-8-23(19-26)30(38)33-14-2-1-3-15-33)18-21-7-4-10-25(17-21)32-28(36)24-9-6-16-34(20-24)29(37)22-12-13-22/h4-5,7-8,10-11,17,19,22,24H,1-3,6,9,12-16,18,20H2,(H,31,35)(H,32,36). The molecule has 2 aromatic carbocycles. The van der Waals surface area contributed by atoms with Gasteiger partial charge in [-0.25, -0.2) is 0 Å². The maximum atomic E-state index is 12.9. The molecule has 1 unspecified atom stereocenters. The molecule has 0 spiro atoms. The molecule has 1 aliphatic carbocycles. The van der Waals surface area contributed by atoms with Gasteiger partial charge < -0.3 is 20.4 Å². The Hall–Kier alpha value is -3.68. The fourth-order valence-electron chi connectivity index (χ4n) is 5.38. The molecule has 2 aromatic rings. The van der Waals surface area contributed by atoms with Crippen molar-refractivity contribution in [2.24, 2.45) is 11.8 Å². The summed E-state index contributed by atoms with van der Waals surface area (Å²) in [4.78, 5) is 54.7. The molecule has 200 valence electrons. The monoisotopic (exact) mass is 516 g/mol. The Kier molecular flexibility index (Phi) is 8.05. The van der Waals surface area contributed by atoms with Crippen molar-refractivity contribution in [2.75, 3.05) is 36.8 Å². The predicted octanol–water partition coefficient (Wildman–Crippen LogP) is 4.08. The first-order valence-electron chi connectivity index (χ1n) is 13.8. The van der Waals surface area contributed by atoms with Crippen molar-refractivity contribution in [1.82, 2.24) is 9.80 Å². The number of hydrogen-bond donors (Lipinski definition) is 2. The maximum Gasteiger partial charge on any atom is 0.253 e. The zero-order valence-electron chi connectivity index (χ0n) is 21.8. The average molecular weight is 517 g/mol. The van der Waals surface area contributed by atoms with Gasteiger partial charge in [0.1, 0.15) is 0 Å². The van der Waals surface area contributed by atoms with E-state index in [2.05, 4.69) is 10.6 Å². The number of anilines is 2. The lowest BCUT2D eigenvalue weighted by Gasteiger charge is -2.32. The zero-order chi connectivity index (χ0) is 26.5. The SMILES string of the molecule is O=C(Cc1cccc(NC(=O)C2CCCN(C(=O)C3CC3)C2)c1)Nc1cccc(C(=O)N2CCCCC2)c1. The molecule has 8 heteroatoms. The van der Waals surface area contributed by atoms with E-state index in [0.29, 0.717) is 23.5 Å².